The lowest BCUT2D eigenvalue weighted by molar-refractivity contribution is 0.101. The number of nitrogen functional groups attached to an aromatic ring is 1. The van der Waals surface area contributed by atoms with E-state index >= 15 is 0 Å². The molecule has 18 nitrogen and oxygen atoms in total. The number of nitrogens with one attached hydrogen (secondary N) is 8. The second-order valence-electron chi connectivity index (χ2n) is 29.6. The highest BCUT2D eigenvalue weighted by Crippen LogP contribution is 2.34. The number of nitrogens with two attached hydrogens (primary N) is 1. The number of thiophene rings is 1. The van der Waals surface area contributed by atoms with E-state index in [1.807, 2.05) is 90.3 Å². The Hall–Kier alpha value is -12.9. The summed E-state index contributed by atoms with van der Waals surface area (Å²) in [6.45, 7) is 19.0. The Morgan fingerprint density at radius 1 is 0.413 bits per heavy atom. The van der Waals surface area contributed by atoms with E-state index in [9.17, 15) is 42.7 Å². The molecule has 0 spiro atoms. The number of nitrogens with zero attached hydrogens (tertiary/aromatic N) is 1. The van der Waals surface area contributed by atoms with Gasteiger partial charge < -0.3 is 46.9 Å². The predicted octanol–water partition coefficient (Wildman–Crippen LogP) is 18.8. The minimum absolute atomic E-state index is 0.00157. The maximum atomic E-state index is 13.1. The van der Waals surface area contributed by atoms with E-state index in [1.165, 1.54) is 49.8 Å². The number of carbonyl (C=O) groups excluding carboxylic acids is 4. The number of aromatic amines is 4. The first-order valence-electron chi connectivity index (χ1n) is 35.7. The van der Waals surface area contributed by atoms with Crippen LogP contribution in [0.3, 0.4) is 0 Å². The molecule has 10 N–H and O–H groups in total. The average Bonchev–Trinajstić information content (AvgIpc) is 1.19. The summed E-state index contributed by atoms with van der Waals surface area (Å²) in [5.74, 6) is -1.05. The van der Waals surface area contributed by atoms with Crippen molar-refractivity contribution < 1.29 is 23.6 Å². The van der Waals surface area contributed by atoms with Crippen molar-refractivity contribution >= 4 is 63.4 Å². The van der Waals surface area contributed by atoms with Crippen LogP contribution < -0.4 is 49.2 Å². The highest BCUT2D eigenvalue weighted by atomic mass is 32.1. The highest BCUT2D eigenvalue weighted by molar-refractivity contribution is 7.13. The molecular weight excluding hydrogens is 1390 g/mol. The first-order valence-corrected chi connectivity index (χ1v) is 36.6. The third kappa shape index (κ3) is 21.5. The minimum Gasteiger partial charge on any atom is -0.399 e. The number of carbonyl (C=O) groups is 4. The Morgan fingerprint density at radius 3 is 1.05 bits per heavy atom. The number of rotatable bonds is 13. The van der Waals surface area contributed by atoms with Crippen molar-refractivity contribution in [2.75, 3.05) is 27.0 Å². The Balaban J connectivity index is 0.000000155. The van der Waals surface area contributed by atoms with Crippen LogP contribution in [0, 0.1) is 17.1 Å². The van der Waals surface area contributed by atoms with E-state index in [1.54, 1.807) is 145 Å². The molecular formula is C89H87FN10O8S. The standard InChI is InChI=1S/C24H23FN2O2.C23H21N3O2.C22H23N3O2.C20H20N2O2S/c25-21-12-10-18(11-13-21)20-14-22(24(29)26-15-20)27-23(28)19-8-6-17(7-9-19)16-4-2-1-3-5-16;1-23(2,3)19-10-8-17(9-11-19)21(27)26-20-12-18(14-25-22(20)28)16-6-4-15(13-24)5-7-16;1-22(2,3)17-8-4-15(5-9-17)20(26)25-19-12-16(13-24-21(19)27)14-6-10-18(23)11-7-14;1-20(2,3)15-8-6-13(7-9-15)18(23)22-16-11-14(12-21-19(16)24)17-5-4-10-25-17/h6-16H,1-5H2,(H,26,29)(H,27,28);4-12,14H,1-3H3,(H,25,28)(H,26,27);4-13H,23H2,1-3H3,(H,24,27)(H,25,26);4-12H,1-3H3,(H,21,24)(H,22,23). The Kier molecular flexibility index (Phi) is 25.3. The molecule has 554 valence electrons. The zero-order valence-electron chi connectivity index (χ0n) is 62.2. The maximum Gasteiger partial charge on any atom is 0.271 e. The van der Waals surface area contributed by atoms with Gasteiger partial charge in [0.15, 0.2) is 0 Å². The molecule has 7 aromatic carbocycles. The van der Waals surface area contributed by atoms with Gasteiger partial charge in [-0.15, -0.1) is 11.3 Å². The van der Waals surface area contributed by atoms with Crippen LogP contribution in [0.4, 0.5) is 32.8 Å². The fourth-order valence-corrected chi connectivity index (χ4v) is 12.6. The van der Waals surface area contributed by atoms with Gasteiger partial charge in [-0.2, -0.15) is 5.26 Å². The molecule has 1 fully saturated rings. The van der Waals surface area contributed by atoms with E-state index in [2.05, 4.69) is 110 Å². The second kappa shape index (κ2) is 35.0. The van der Waals surface area contributed by atoms with Crippen molar-refractivity contribution in [2.24, 2.45) is 0 Å². The van der Waals surface area contributed by atoms with Gasteiger partial charge in [0, 0.05) is 79.9 Å². The van der Waals surface area contributed by atoms with Crippen LogP contribution in [-0.4, -0.2) is 43.6 Å². The van der Waals surface area contributed by atoms with E-state index in [-0.39, 0.29) is 90.7 Å². The molecule has 109 heavy (non-hydrogen) atoms. The average molecular weight is 1480 g/mol. The van der Waals surface area contributed by atoms with Gasteiger partial charge in [-0.1, -0.05) is 173 Å². The topological polar surface area (TPSA) is 298 Å². The van der Waals surface area contributed by atoms with Crippen molar-refractivity contribution in [2.45, 2.75) is 117 Å². The van der Waals surface area contributed by atoms with Crippen LogP contribution in [0.2, 0.25) is 0 Å². The molecule has 5 aromatic heterocycles. The lowest BCUT2D eigenvalue weighted by Gasteiger charge is -2.22. The summed E-state index contributed by atoms with van der Waals surface area (Å²) in [5, 5.41) is 21.7. The summed E-state index contributed by atoms with van der Waals surface area (Å²) in [7, 11) is 0. The Morgan fingerprint density at radius 2 is 0.725 bits per heavy atom. The number of benzene rings is 7. The molecule has 0 bridgehead atoms. The lowest BCUT2D eigenvalue weighted by Crippen LogP contribution is -2.20. The smallest absolute Gasteiger partial charge is 0.271 e. The fourth-order valence-electron chi connectivity index (χ4n) is 11.9. The Labute approximate surface area is 635 Å². The van der Waals surface area contributed by atoms with Crippen LogP contribution in [0.15, 0.2) is 256 Å². The van der Waals surface area contributed by atoms with Gasteiger partial charge >= 0.3 is 0 Å². The number of halogens is 1. The first-order chi connectivity index (χ1) is 52.0. The number of hydrogen-bond acceptors (Lipinski definition) is 11. The summed E-state index contributed by atoms with van der Waals surface area (Å²) in [6.07, 6.45) is 12.6. The number of pyridine rings is 4. The zero-order valence-corrected chi connectivity index (χ0v) is 63.0. The molecule has 0 saturated heterocycles. The summed E-state index contributed by atoms with van der Waals surface area (Å²) >= 11 is 1.57. The molecule has 0 aliphatic heterocycles. The third-order valence-electron chi connectivity index (χ3n) is 18.5. The number of amides is 4. The van der Waals surface area contributed by atoms with E-state index < -0.39 is 0 Å². The third-order valence-corrected chi connectivity index (χ3v) is 19.4. The van der Waals surface area contributed by atoms with Crippen LogP contribution in [0.25, 0.3) is 43.8 Å². The first kappa shape index (κ1) is 78.7. The molecule has 5 heterocycles. The van der Waals surface area contributed by atoms with Gasteiger partial charge in [-0.3, -0.25) is 38.4 Å². The van der Waals surface area contributed by atoms with E-state index in [0.717, 1.165) is 54.9 Å². The van der Waals surface area contributed by atoms with Crippen LogP contribution in [0.1, 0.15) is 170 Å². The normalized spacial score (nSPS) is 12.0. The molecule has 0 atom stereocenters. The van der Waals surface area contributed by atoms with E-state index in [4.69, 9.17) is 11.0 Å². The summed E-state index contributed by atoms with van der Waals surface area (Å²) in [6, 6.07) is 62.7. The number of hydrogen-bond donors (Lipinski definition) is 9. The maximum absolute atomic E-state index is 13.1. The van der Waals surface area contributed by atoms with Gasteiger partial charge in [0.1, 0.15) is 28.6 Å². The lowest BCUT2D eigenvalue weighted by atomic mass is 9.84. The molecule has 13 rings (SSSR count). The zero-order chi connectivity index (χ0) is 78.2. The molecule has 0 radical (unpaired) electrons. The predicted molar refractivity (Wildman–Crippen MR) is 436 cm³/mol. The number of anilines is 5. The molecule has 1 aliphatic rings. The SMILES string of the molecule is CC(C)(C)c1ccc(C(=O)Nc2cc(-c3ccc(C#N)cc3)c[nH]c2=O)cc1.CC(C)(C)c1ccc(C(=O)Nc2cc(-c3ccc(N)cc3)c[nH]c2=O)cc1.CC(C)(C)c1ccc(C(=O)Nc2cc(-c3cccs3)c[nH]c2=O)cc1.O=C(Nc1cc(-c2ccc(F)cc2)c[nH]c1=O)c1ccc(C2CCCCC2)cc1. The summed E-state index contributed by atoms with van der Waals surface area (Å²) < 4.78 is 13.1. The second-order valence-corrected chi connectivity index (χ2v) is 30.5. The van der Waals surface area contributed by atoms with Crippen LogP contribution in [-0.2, 0) is 16.2 Å². The molecule has 12 aromatic rings. The van der Waals surface area contributed by atoms with Gasteiger partial charge in [0.25, 0.3) is 45.9 Å². The minimum atomic E-state index is -0.386. The van der Waals surface area contributed by atoms with Crippen molar-refractivity contribution in [3.05, 3.63) is 334 Å². The molecule has 4 amide bonds. The highest BCUT2D eigenvalue weighted by Gasteiger charge is 2.21. The largest absolute Gasteiger partial charge is 0.399 e. The quantitative estimate of drug-likeness (QED) is 0.0492. The summed E-state index contributed by atoms with van der Waals surface area (Å²) in [4.78, 5) is 110. The number of nitriles is 1. The van der Waals surface area contributed by atoms with Crippen LogP contribution >= 0.6 is 11.3 Å². The Bertz CT molecular complexity index is 5470. The molecule has 0 unspecified atom stereocenters. The summed E-state index contributed by atoms with van der Waals surface area (Å²) in [5.41, 5.74) is 18.6. The monoisotopic (exact) mass is 1470 g/mol. The van der Waals surface area contributed by atoms with E-state index in [0.29, 0.717) is 45.0 Å². The number of H-pyrrole nitrogens is 4. The van der Waals surface area contributed by atoms with Gasteiger partial charge in [-0.25, -0.2) is 4.39 Å². The number of aromatic nitrogens is 4. The molecule has 20 heteroatoms. The molecule has 1 aliphatic carbocycles. The van der Waals surface area contributed by atoms with Crippen molar-refractivity contribution in [3.8, 4) is 49.9 Å². The van der Waals surface area contributed by atoms with Crippen molar-refractivity contribution in [3.63, 3.8) is 0 Å². The van der Waals surface area contributed by atoms with Crippen LogP contribution in [0.5, 0.6) is 0 Å². The van der Waals surface area contributed by atoms with Gasteiger partial charge in [0.2, 0.25) is 0 Å². The van der Waals surface area contributed by atoms with Crippen molar-refractivity contribution in [1.29, 1.82) is 5.26 Å². The fraction of sp³-hybridized carbons (Fsp3) is 0.202. The molecule has 1 saturated carbocycles. The van der Waals surface area contributed by atoms with Gasteiger partial charge in [0.05, 0.1) is 11.6 Å². The van der Waals surface area contributed by atoms with Crippen molar-refractivity contribution in [1.82, 2.24) is 19.9 Å². The van der Waals surface area contributed by atoms with Gasteiger partial charge in [-0.05, 0) is 195 Å².